The molecule has 0 aliphatic carbocycles. The fourth-order valence-electron chi connectivity index (χ4n) is 5.65. The molecule has 2 aliphatic rings. The largest absolute Gasteiger partial charge is 0.493 e. The third-order valence-corrected chi connectivity index (χ3v) is 9.95. The molecule has 9 heteroatoms. The highest BCUT2D eigenvalue weighted by atomic mass is 32.2. The number of thioether (sulfide) groups is 1. The van der Waals surface area contributed by atoms with Crippen LogP contribution in [0.5, 0.6) is 5.75 Å². The number of benzene rings is 1. The van der Waals surface area contributed by atoms with Crippen LogP contribution in [0.4, 0.5) is 0 Å². The first-order valence-electron chi connectivity index (χ1n) is 17.8. The van der Waals surface area contributed by atoms with Gasteiger partial charge in [0.15, 0.2) is 11.2 Å². The highest BCUT2D eigenvalue weighted by molar-refractivity contribution is 8.00. The van der Waals surface area contributed by atoms with E-state index in [4.69, 9.17) is 33.2 Å². The number of hydrogen-bond acceptors (Lipinski definition) is 9. The van der Waals surface area contributed by atoms with Gasteiger partial charge < -0.3 is 38.3 Å². The molecule has 2 fully saturated rings. The predicted octanol–water partition coefficient (Wildman–Crippen LogP) is 7.85. The van der Waals surface area contributed by atoms with Crippen LogP contribution in [0, 0.1) is 6.92 Å². The number of aryl methyl sites for hydroxylation is 1. The monoisotopic (exact) mass is 654 g/mol. The molecule has 0 spiro atoms. The molecule has 260 valence electrons. The Morgan fingerprint density at radius 2 is 1.31 bits per heavy atom. The Kier molecular flexibility index (Phi) is 18.1. The average Bonchev–Trinajstić information content (AvgIpc) is 3.57. The number of aliphatic hydroxyl groups is 1. The van der Waals surface area contributed by atoms with Gasteiger partial charge in [-0.25, -0.2) is 0 Å². The van der Waals surface area contributed by atoms with Crippen molar-refractivity contribution in [2.45, 2.75) is 141 Å². The van der Waals surface area contributed by atoms with Crippen LogP contribution in [-0.4, -0.2) is 81.5 Å². The Hall–Kier alpha value is -0.910. The summed E-state index contributed by atoms with van der Waals surface area (Å²) < 4.78 is 44.6. The Labute approximate surface area is 277 Å². The van der Waals surface area contributed by atoms with E-state index in [1.165, 1.54) is 11.8 Å². The first-order chi connectivity index (χ1) is 21.9. The summed E-state index contributed by atoms with van der Waals surface area (Å²) in [5.41, 5.74) is 2.56. The Morgan fingerprint density at radius 1 is 0.756 bits per heavy atom. The Balaban J connectivity index is 2.16. The van der Waals surface area contributed by atoms with Gasteiger partial charge in [-0.1, -0.05) is 66.7 Å². The quantitative estimate of drug-likeness (QED) is 0.119. The zero-order valence-corrected chi connectivity index (χ0v) is 29.8. The van der Waals surface area contributed by atoms with Crippen molar-refractivity contribution in [3.8, 4) is 5.75 Å². The SMILES string of the molecule is CCCCOC[C@H]1S[C@@](O)(c2cc(C3OCCO3)c(C)cc2OCCCC)[C@H](OCCCC)[C@@H](OCCCC)[C@@H]1OCCCC. The number of unbranched alkanes of at least 4 members (excludes halogenated alkanes) is 5. The fraction of sp³-hybridized carbons (Fsp3) is 0.833. The van der Waals surface area contributed by atoms with Crippen molar-refractivity contribution in [3.63, 3.8) is 0 Å². The van der Waals surface area contributed by atoms with E-state index in [-0.39, 0.29) is 11.4 Å². The maximum atomic E-state index is 13.2. The summed E-state index contributed by atoms with van der Waals surface area (Å²) in [4.78, 5) is -1.50. The molecular weight excluding hydrogens is 592 g/mol. The van der Waals surface area contributed by atoms with Gasteiger partial charge in [-0.3, -0.25) is 0 Å². The van der Waals surface area contributed by atoms with Gasteiger partial charge in [0.1, 0.15) is 24.1 Å². The van der Waals surface area contributed by atoms with Gasteiger partial charge in [0.2, 0.25) is 0 Å². The molecule has 3 rings (SSSR count). The third kappa shape index (κ3) is 11.1. The first kappa shape index (κ1) is 38.5. The van der Waals surface area contributed by atoms with Gasteiger partial charge in [0.25, 0.3) is 0 Å². The molecule has 1 aromatic carbocycles. The molecule has 0 unspecified atom stereocenters. The molecule has 2 heterocycles. The van der Waals surface area contributed by atoms with E-state index in [0.717, 1.165) is 75.3 Å². The minimum Gasteiger partial charge on any atom is -0.493 e. The van der Waals surface area contributed by atoms with Gasteiger partial charge in [-0.05, 0) is 56.7 Å². The predicted molar refractivity (Wildman–Crippen MR) is 181 cm³/mol. The molecule has 1 N–H and O–H groups in total. The average molecular weight is 655 g/mol. The molecular formula is C36H62O8S. The maximum Gasteiger partial charge on any atom is 0.184 e. The van der Waals surface area contributed by atoms with Gasteiger partial charge in [0.05, 0.1) is 31.7 Å². The van der Waals surface area contributed by atoms with Crippen LogP contribution in [0.3, 0.4) is 0 Å². The summed E-state index contributed by atoms with van der Waals surface area (Å²) in [6, 6.07) is 4.04. The molecule has 8 nitrogen and oxygen atoms in total. The highest BCUT2D eigenvalue weighted by Gasteiger charge is 2.57. The topological polar surface area (TPSA) is 84.8 Å². The second-order valence-electron chi connectivity index (χ2n) is 12.3. The number of rotatable bonds is 23. The van der Waals surface area contributed by atoms with E-state index >= 15 is 0 Å². The van der Waals surface area contributed by atoms with Crippen LogP contribution >= 0.6 is 11.8 Å². The highest BCUT2D eigenvalue weighted by Crippen LogP contribution is 2.53. The van der Waals surface area contributed by atoms with Gasteiger partial charge in [0, 0.05) is 37.6 Å². The summed E-state index contributed by atoms with van der Waals surface area (Å²) in [7, 11) is 0. The van der Waals surface area contributed by atoms with Crippen molar-refractivity contribution in [2.24, 2.45) is 0 Å². The lowest BCUT2D eigenvalue weighted by Crippen LogP contribution is -2.61. The lowest BCUT2D eigenvalue weighted by molar-refractivity contribution is -0.190. The van der Waals surface area contributed by atoms with Crippen LogP contribution in [-0.2, 0) is 33.4 Å². The van der Waals surface area contributed by atoms with E-state index in [9.17, 15) is 5.11 Å². The lowest BCUT2D eigenvalue weighted by Gasteiger charge is -2.50. The normalized spacial score (nSPS) is 25.7. The van der Waals surface area contributed by atoms with E-state index < -0.39 is 23.4 Å². The Morgan fingerprint density at radius 3 is 1.93 bits per heavy atom. The zero-order valence-electron chi connectivity index (χ0n) is 29.0. The smallest absolute Gasteiger partial charge is 0.184 e. The molecule has 0 radical (unpaired) electrons. The molecule has 0 bridgehead atoms. The van der Waals surface area contributed by atoms with Crippen molar-refractivity contribution >= 4 is 11.8 Å². The lowest BCUT2D eigenvalue weighted by atomic mass is 9.90. The molecule has 2 saturated heterocycles. The van der Waals surface area contributed by atoms with Crippen LogP contribution < -0.4 is 4.74 Å². The zero-order chi connectivity index (χ0) is 32.5. The molecule has 45 heavy (non-hydrogen) atoms. The Bertz CT molecular complexity index is 942. The molecule has 5 atom stereocenters. The number of hydrogen-bond donors (Lipinski definition) is 1. The van der Waals surface area contributed by atoms with Crippen LogP contribution in [0.2, 0.25) is 0 Å². The van der Waals surface area contributed by atoms with Gasteiger partial charge in [-0.2, -0.15) is 0 Å². The summed E-state index contributed by atoms with van der Waals surface area (Å²) in [6.45, 7) is 17.3. The summed E-state index contributed by atoms with van der Waals surface area (Å²) in [5, 5.41) is 13.0. The van der Waals surface area contributed by atoms with E-state index in [1.807, 2.05) is 19.1 Å². The second kappa shape index (κ2) is 21.1. The van der Waals surface area contributed by atoms with Crippen LogP contribution in [0.15, 0.2) is 12.1 Å². The van der Waals surface area contributed by atoms with Crippen molar-refractivity contribution < 1.29 is 38.3 Å². The van der Waals surface area contributed by atoms with E-state index in [2.05, 4.69) is 34.6 Å². The van der Waals surface area contributed by atoms with Crippen LogP contribution in [0.1, 0.15) is 122 Å². The minimum atomic E-state index is -1.50. The minimum absolute atomic E-state index is 0.186. The first-order valence-corrected chi connectivity index (χ1v) is 18.7. The van der Waals surface area contributed by atoms with Crippen molar-refractivity contribution in [1.29, 1.82) is 0 Å². The van der Waals surface area contributed by atoms with Gasteiger partial charge in [-0.15, -0.1) is 11.8 Å². The van der Waals surface area contributed by atoms with Crippen molar-refractivity contribution in [3.05, 3.63) is 28.8 Å². The van der Waals surface area contributed by atoms with E-state index in [0.29, 0.717) is 64.2 Å². The second-order valence-corrected chi connectivity index (χ2v) is 13.7. The maximum absolute atomic E-state index is 13.2. The van der Waals surface area contributed by atoms with E-state index in [1.54, 1.807) is 0 Å². The van der Waals surface area contributed by atoms with Gasteiger partial charge >= 0.3 is 0 Å². The summed E-state index contributed by atoms with van der Waals surface area (Å²) in [5.74, 6) is 0.657. The summed E-state index contributed by atoms with van der Waals surface area (Å²) >= 11 is 1.47. The van der Waals surface area contributed by atoms with Crippen molar-refractivity contribution in [1.82, 2.24) is 0 Å². The molecule has 0 amide bonds. The standard InChI is InChI=1S/C36H62O8S/c1-7-12-17-38-26-31-32(40-19-14-9-3)33(41-20-15-10-4)34(42-21-16-11-5)36(37,45-31)29-25-28(35-43-22-23-44-35)27(6)24-30(29)39-18-13-8-2/h24-25,31-35,37H,7-23,26H2,1-6H3/t31-,32-,33+,34-,36+/m1/s1. The van der Waals surface area contributed by atoms with Crippen molar-refractivity contribution in [2.75, 3.05) is 52.9 Å². The number of ether oxygens (including phenoxy) is 7. The molecule has 1 aromatic rings. The molecule has 0 aromatic heterocycles. The summed E-state index contributed by atoms with van der Waals surface area (Å²) in [6.07, 6.45) is 7.78. The third-order valence-electron chi connectivity index (χ3n) is 8.43. The fourth-order valence-corrected chi connectivity index (χ4v) is 7.27. The molecule has 2 aliphatic heterocycles. The molecule has 0 saturated carbocycles. The van der Waals surface area contributed by atoms with Crippen LogP contribution in [0.25, 0.3) is 0 Å².